The van der Waals surface area contributed by atoms with Crippen molar-refractivity contribution in [2.75, 3.05) is 5.32 Å². The van der Waals surface area contributed by atoms with E-state index in [1.165, 1.54) is 12.1 Å². The predicted molar refractivity (Wildman–Crippen MR) is 114 cm³/mol. The van der Waals surface area contributed by atoms with Gasteiger partial charge in [-0.2, -0.15) is 0 Å². The number of halogens is 2. The summed E-state index contributed by atoms with van der Waals surface area (Å²) in [7, 11) is 0. The Labute approximate surface area is 173 Å². The summed E-state index contributed by atoms with van der Waals surface area (Å²) >= 11 is 17.0. The minimum absolute atomic E-state index is 0.109. The average Bonchev–Trinajstić information content (AvgIpc) is 2.53. The van der Waals surface area contributed by atoms with Crippen LogP contribution >= 0.6 is 35.4 Å². The van der Waals surface area contributed by atoms with Crippen LogP contribution in [0.1, 0.15) is 41.5 Å². The molecule has 0 saturated carbocycles. The van der Waals surface area contributed by atoms with Crippen LogP contribution in [-0.2, 0) is 0 Å². The molecule has 0 unspecified atom stereocenters. The Morgan fingerprint density at radius 2 is 1.59 bits per heavy atom. The Balaban J connectivity index is 1.97. The summed E-state index contributed by atoms with van der Waals surface area (Å²) in [6.07, 6.45) is 0. The first-order valence-corrected chi connectivity index (χ1v) is 9.21. The van der Waals surface area contributed by atoms with Crippen LogP contribution in [0.3, 0.4) is 0 Å². The molecule has 3 N–H and O–H groups in total. The minimum atomic E-state index is -0.449. The van der Waals surface area contributed by atoms with Crippen LogP contribution in [0.2, 0.25) is 10.0 Å². The summed E-state index contributed by atoms with van der Waals surface area (Å²) in [4.78, 5) is 24.4. The summed E-state index contributed by atoms with van der Waals surface area (Å²) in [6.45, 7) is 5.73. The Morgan fingerprint density at radius 3 is 2.15 bits per heavy atom. The molecule has 2 rings (SSSR count). The van der Waals surface area contributed by atoms with Crippen molar-refractivity contribution in [3.05, 3.63) is 63.6 Å². The highest BCUT2D eigenvalue weighted by molar-refractivity contribution is 7.80. The molecule has 0 atom stereocenters. The number of rotatable bonds is 3. The van der Waals surface area contributed by atoms with Gasteiger partial charge in [-0.3, -0.25) is 14.9 Å². The summed E-state index contributed by atoms with van der Waals surface area (Å²) in [5.41, 5.74) is 1.11. The number of hydrogen-bond donors (Lipinski definition) is 3. The highest BCUT2D eigenvalue weighted by atomic mass is 35.5. The molecule has 5 nitrogen and oxygen atoms in total. The number of anilines is 1. The lowest BCUT2D eigenvalue weighted by molar-refractivity contribution is 0.0918. The van der Waals surface area contributed by atoms with Crippen molar-refractivity contribution in [3.63, 3.8) is 0 Å². The van der Waals surface area contributed by atoms with E-state index >= 15 is 0 Å². The van der Waals surface area contributed by atoms with E-state index in [1.54, 1.807) is 30.3 Å². The zero-order valence-corrected chi connectivity index (χ0v) is 17.4. The van der Waals surface area contributed by atoms with Gasteiger partial charge >= 0.3 is 0 Å². The largest absolute Gasteiger partial charge is 0.347 e. The van der Waals surface area contributed by atoms with Gasteiger partial charge in [0.05, 0.1) is 10.6 Å². The SMILES string of the molecule is CC(C)(C)NC(=O)c1ccc(NC(=S)NC(=O)c2ccc(Cl)cc2Cl)cc1. The lowest BCUT2D eigenvalue weighted by Gasteiger charge is -2.20. The zero-order chi connectivity index (χ0) is 20.2. The van der Waals surface area contributed by atoms with E-state index in [0.29, 0.717) is 16.3 Å². The molecular formula is C19H19Cl2N3O2S. The molecule has 142 valence electrons. The average molecular weight is 424 g/mol. The van der Waals surface area contributed by atoms with E-state index in [0.717, 1.165) is 0 Å². The molecule has 2 aromatic carbocycles. The Bertz CT molecular complexity index is 878. The fourth-order valence-corrected chi connectivity index (χ4v) is 2.83. The van der Waals surface area contributed by atoms with Crippen molar-refractivity contribution in [2.45, 2.75) is 26.3 Å². The molecule has 2 amide bonds. The van der Waals surface area contributed by atoms with Crippen LogP contribution in [0.15, 0.2) is 42.5 Å². The second kappa shape index (κ2) is 8.69. The molecular weight excluding hydrogens is 405 g/mol. The monoisotopic (exact) mass is 423 g/mol. The van der Waals surface area contributed by atoms with Crippen LogP contribution in [-0.4, -0.2) is 22.5 Å². The van der Waals surface area contributed by atoms with Crippen molar-refractivity contribution >= 4 is 58.0 Å². The van der Waals surface area contributed by atoms with E-state index in [9.17, 15) is 9.59 Å². The number of carbonyl (C=O) groups excluding carboxylic acids is 2. The van der Waals surface area contributed by atoms with Gasteiger partial charge in [0.25, 0.3) is 11.8 Å². The molecule has 0 fully saturated rings. The van der Waals surface area contributed by atoms with E-state index in [-0.39, 0.29) is 27.1 Å². The van der Waals surface area contributed by atoms with Gasteiger partial charge < -0.3 is 10.6 Å². The maximum Gasteiger partial charge on any atom is 0.258 e. The van der Waals surface area contributed by atoms with Crippen molar-refractivity contribution in [1.82, 2.24) is 10.6 Å². The second-order valence-electron chi connectivity index (χ2n) is 6.81. The van der Waals surface area contributed by atoms with Gasteiger partial charge in [0.2, 0.25) is 0 Å². The number of benzene rings is 2. The van der Waals surface area contributed by atoms with Crippen molar-refractivity contribution < 1.29 is 9.59 Å². The number of carbonyl (C=O) groups is 2. The van der Waals surface area contributed by atoms with Crippen LogP contribution in [0.5, 0.6) is 0 Å². The van der Waals surface area contributed by atoms with Gasteiger partial charge in [0, 0.05) is 21.8 Å². The van der Waals surface area contributed by atoms with Crippen LogP contribution in [0, 0.1) is 0 Å². The summed E-state index contributed by atoms with van der Waals surface area (Å²) in [5, 5.41) is 9.10. The third kappa shape index (κ3) is 6.50. The number of nitrogens with one attached hydrogen (secondary N) is 3. The third-order valence-electron chi connectivity index (χ3n) is 3.30. The predicted octanol–water partition coefficient (Wildman–Crippen LogP) is 4.65. The van der Waals surface area contributed by atoms with Crippen molar-refractivity contribution in [1.29, 1.82) is 0 Å². The summed E-state index contributed by atoms with van der Waals surface area (Å²) < 4.78 is 0. The number of amides is 2. The summed E-state index contributed by atoms with van der Waals surface area (Å²) in [6, 6.07) is 11.3. The molecule has 0 bridgehead atoms. The quantitative estimate of drug-likeness (QED) is 0.628. The van der Waals surface area contributed by atoms with Crippen LogP contribution in [0.4, 0.5) is 5.69 Å². The molecule has 0 aliphatic rings. The lowest BCUT2D eigenvalue weighted by Crippen LogP contribution is -2.40. The molecule has 0 radical (unpaired) electrons. The molecule has 2 aromatic rings. The van der Waals surface area contributed by atoms with E-state index < -0.39 is 5.91 Å². The normalized spacial score (nSPS) is 10.9. The molecule has 27 heavy (non-hydrogen) atoms. The Kier molecular flexibility index (Phi) is 6.81. The molecule has 0 aliphatic heterocycles. The topological polar surface area (TPSA) is 70.2 Å². The molecule has 0 heterocycles. The minimum Gasteiger partial charge on any atom is -0.347 e. The molecule has 0 aliphatic carbocycles. The third-order valence-corrected chi connectivity index (χ3v) is 4.05. The molecule has 8 heteroatoms. The molecule has 0 aromatic heterocycles. The number of thiocarbonyl (C=S) groups is 1. The van der Waals surface area contributed by atoms with E-state index in [1.807, 2.05) is 20.8 Å². The van der Waals surface area contributed by atoms with Crippen LogP contribution in [0.25, 0.3) is 0 Å². The molecule has 0 spiro atoms. The fourth-order valence-electron chi connectivity index (χ4n) is 2.12. The smallest absolute Gasteiger partial charge is 0.258 e. The Morgan fingerprint density at radius 1 is 0.963 bits per heavy atom. The Hall–Kier alpha value is -2.15. The summed E-state index contributed by atoms with van der Waals surface area (Å²) in [5.74, 6) is -0.613. The lowest BCUT2D eigenvalue weighted by atomic mass is 10.1. The maximum absolute atomic E-state index is 12.2. The van der Waals surface area contributed by atoms with Gasteiger partial charge in [-0.15, -0.1) is 0 Å². The van der Waals surface area contributed by atoms with Crippen LogP contribution < -0.4 is 16.0 Å². The van der Waals surface area contributed by atoms with E-state index in [4.69, 9.17) is 35.4 Å². The highest BCUT2D eigenvalue weighted by Crippen LogP contribution is 2.21. The van der Waals surface area contributed by atoms with Gasteiger partial charge in [-0.25, -0.2) is 0 Å². The van der Waals surface area contributed by atoms with Crippen molar-refractivity contribution in [2.24, 2.45) is 0 Å². The fraction of sp³-hybridized carbons (Fsp3) is 0.211. The highest BCUT2D eigenvalue weighted by Gasteiger charge is 2.15. The maximum atomic E-state index is 12.2. The van der Waals surface area contributed by atoms with Gasteiger partial charge in [0.1, 0.15) is 0 Å². The first-order chi connectivity index (χ1) is 12.5. The standard InChI is InChI=1S/C19H19Cl2N3O2S/c1-19(2,3)24-16(25)11-4-7-13(8-5-11)22-18(27)23-17(26)14-9-6-12(20)10-15(14)21/h4-10H,1-3H3,(H,24,25)(H2,22,23,26,27). The first kappa shape index (κ1) is 21.2. The molecule has 0 saturated heterocycles. The van der Waals surface area contributed by atoms with Gasteiger partial charge in [-0.1, -0.05) is 23.2 Å². The second-order valence-corrected chi connectivity index (χ2v) is 8.07. The zero-order valence-electron chi connectivity index (χ0n) is 15.0. The van der Waals surface area contributed by atoms with Gasteiger partial charge in [-0.05, 0) is 75.5 Å². The van der Waals surface area contributed by atoms with Crippen molar-refractivity contribution in [3.8, 4) is 0 Å². The van der Waals surface area contributed by atoms with Gasteiger partial charge in [0.15, 0.2) is 5.11 Å². The number of hydrogen-bond acceptors (Lipinski definition) is 3. The first-order valence-electron chi connectivity index (χ1n) is 8.05. The van der Waals surface area contributed by atoms with E-state index in [2.05, 4.69) is 16.0 Å².